The molecular formula is C34H22N6PtS3. The summed E-state index contributed by atoms with van der Waals surface area (Å²) in [7, 11) is 3.82. The fraction of sp³-hybridized carbons (Fsp3) is 0.0588. The van der Waals surface area contributed by atoms with Crippen LogP contribution in [0.25, 0.3) is 63.8 Å². The van der Waals surface area contributed by atoms with E-state index in [0.717, 1.165) is 41.6 Å². The Kier molecular flexibility index (Phi) is 7.80. The Hall–Kier alpha value is -3.88. The molecule has 0 saturated heterocycles. The van der Waals surface area contributed by atoms with Crippen molar-refractivity contribution in [2.75, 3.05) is 0 Å². The molecule has 0 fully saturated rings. The molecule has 8 rings (SSSR count). The molecule has 0 aliphatic rings. The molecule has 0 spiro atoms. The predicted molar refractivity (Wildman–Crippen MR) is 176 cm³/mol. The molecule has 0 aliphatic heterocycles. The maximum absolute atomic E-state index is 4.92. The van der Waals surface area contributed by atoms with E-state index < -0.39 is 0 Å². The second-order valence-electron chi connectivity index (χ2n) is 10.0. The third-order valence-electron chi connectivity index (χ3n) is 7.15. The first-order chi connectivity index (χ1) is 21.1. The van der Waals surface area contributed by atoms with Gasteiger partial charge in [0.15, 0.2) is 10.3 Å². The molecule has 0 atom stereocenters. The van der Waals surface area contributed by atoms with Crippen LogP contribution in [0.1, 0.15) is 0 Å². The van der Waals surface area contributed by atoms with Gasteiger partial charge in [-0.05, 0) is 32.3 Å². The Morgan fingerprint density at radius 3 is 1.48 bits per heavy atom. The van der Waals surface area contributed by atoms with Crippen molar-refractivity contribution < 1.29 is 21.1 Å². The van der Waals surface area contributed by atoms with Crippen LogP contribution in [0.2, 0.25) is 0 Å². The summed E-state index contributed by atoms with van der Waals surface area (Å²) in [6, 6.07) is 40.2. The summed E-state index contributed by atoms with van der Waals surface area (Å²) < 4.78 is 5.84. The standard InChI is InChI=1S/C34H22N6S3.Pt/c1-39-33(35-31(37-39)25-17-9-15-23-19-27(41-29(23)25)21-11-5-3-6-12-21)43-34-36-32(38-40(34)2)26-18-10-16-24-20-28(42-30(24)26)22-13-7-4-8-14-22;/h3-16,19-20H,1-2H3;/q-2;+2. The van der Waals surface area contributed by atoms with Crippen molar-refractivity contribution in [2.45, 2.75) is 10.3 Å². The van der Waals surface area contributed by atoms with E-state index in [9.17, 15) is 0 Å². The van der Waals surface area contributed by atoms with Gasteiger partial charge in [0.05, 0.1) is 11.6 Å². The minimum Gasteiger partial charge on any atom is -0.253 e. The van der Waals surface area contributed by atoms with E-state index in [1.54, 1.807) is 32.0 Å². The minimum absolute atomic E-state index is 0. The van der Waals surface area contributed by atoms with Crippen LogP contribution in [0.15, 0.2) is 107 Å². The van der Waals surface area contributed by atoms with Gasteiger partial charge in [-0.1, -0.05) is 94.7 Å². The van der Waals surface area contributed by atoms with Crippen molar-refractivity contribution in [3.8, 4) is 43.7 Å². The number of hydrogen-bond donors (Lipinski definition) is 0. The first kappa shape index (κ1) is 28.9. The Morgan fingerprint density at radius 1 is 0.614 bits per heavy atom. The van der Waals surface area contributed by atoms with Gasteiger partial charge in [-0.25, -0.2) is 10.2 Å². The molecule has 0 saturated carbocycles. The van der Waals surface area contributed by atoms with Crippen molar-refractivity contribution in [1.82, 2.24) is 29.5 Å². The number of hydrogen-bond acceptors (Lipinski definition) is 7. The summed E-state index contributed by atoms with van der Waals surface area (Å²) in [4.78, 5) is 12.3. The first-order valence-corrected chi connectivity index (χ1v) is 16.1. The van der Waals surface area contributed by atoms with E-state index in [0.29, 0.717) is 11.6 Å². The van der Waals surface area contributed by atoms with Crippen LogP contribution in [-0.4, -0.2) is 29.5 Å². The Bertz CT molecular complexity index is 2090. The fourth-order valence-electron chi connectivity index (χ4n) is 5.04. The first-order valence-electron chi connectivity index (χ1n) is 13.6. The fourth-order valence-corrected chi connectivity index (χ4v) is 8.13. The molecule has 216 valence electrons. The smallest absolute Gasteiger partial charge is 0.253 e. The molecule has 0 radical (unpaired) electrons. The maximum Gasteiger partial charge on any atom is 2.00 e. The maximum atomic E-state index is 4.92. The van der Waals surface area contributed by atoms with Crippen molar-refractivity contribution in [3.05, 3.63) is 109 Å². The van der Waals surface area contributed by atoms with E-state index in [-0.39, 0.29) is 21.1 Å². The zero-order chi connectivity index (χ0) is 28.9. The van der Waals surface area contributed by atoms with Crippen LogP contribution < -0.4 is 0 Å². The second kappa shape index (κ2) is 11.9. The normalized spacial score (nSPS) is 11.3. The number of benzene rings is 4. The van der Waals surface area contributed by atoms with Gasteiger partial charge in [-0.3, -0.25) is 19.3 Å². The quantitative estimate of drug-likeness (QED) is 0.157. The number of aromatic nitrogens is 6. The van der Waals surface area contributed by atoms with Crippen molar-refractivity contribution in [3.63, 3.8) is 0 Å². The van der Waals surface area contributed by atoms with E-state index in [2.05, 4.69) is 84.9 Å². The van der Waals surface area contributed by atoms with E-state index in [4.69, 9.17) is 20.2 Å². The number of nitrogens with zero attached hydrogens (tertiary/aromatic N) is 6. The molecular weight excluding hydrogens is 784 g/mol. The molecule has 0 unspecified atom stereocenters. The van der Waals surface area contributed by atoms with Gasteiger partial charge in [0.2, 0.25) is 0 Å². The monoisotopic (exact) mass is 805 g/mol. The third-order valence-corrected chi connectivity index (χ3v) is 10.7. The van der Waals surface area contributed by atoms with Crippen LogP contribution in [0, 0.1) is 12.1 Å². The molecule has 8 aromatic rings. The van der Waals surface area contributed by atoms with E-state index in [1.807, 2.05) is 38.4 Å². The summed E-state index contributed by atoms with van der Waals surface area (Å²) in [6.07, 6.45) is 0. The molecule has 4 aromatic carbocycles. The van der Waals surface area contributed by atoms with Crippen molar-refractivity contribution in [1.29, 1.82) is 0 Å². The summed E-state index contributed by atoms with van der Waals surface area (Å²) in [5.74, 6) is 1.29. The summed E-state index contributed by atoms with van der Waals surface area (Å²) in [5, 5.41) is 13.3. The van der Waals surface area contributed by atoms with Crippen LogP contribution in [0.5, 0.6) is 0 Å². The SMILES string of the molecule is Cn1nc(-c2[c-]ccc3cc(-c4ccccc4)sc23)nc1Sc1nc(-c2[c-]ccc3cc(-c4ccccc4)sc23)nn1C.[Pt+2]. The number of fused-ring (bicyclic) bond motifs is 2. The van der Waals surface area contributed by atoms with Gasteiger partial charge in [0.25, 0.3) is 0 Å². The Labute approximate surface area is 280 Å². The summed E-state index contributed by atoms with van der Waals surface area (Å²) in [5.41, 5.74) is 4.20. The van der Waals surface area contributed by atoms with Crippen LogP contribution >= 0.6 is 34.4 Å². The largest absolute Gasteiger partial charge is 2.00 e. The molecule has 0 bridgehead atoms. The summed E-state index contributed by atoms with van der Waals surface area (Å²) in [6.45, 7) is 0. The van der Waals surface area contributed by atoms with Gasteiger partial charge in [0, 0.05) is 23.8 Å². The molecule has 0 N–H and O–H groups in total. The Morgan fingerprint density at radius 2 is 1.05 bits per heavy atom. The number of rotatable bonds is 6. The topological polar surface area (TPSA) is 61.4 Å². The molecule has 4 heterocycles. The van der Waals surface area contributed by atoms with Crippen molar-refractivity contribution in [2.24, 2.45) is 14.1 Å². The van der Waals surface area contributed by atoms with Crippen LogP contribution in [-0.2, 0) is 35.2 Å². The predicted octanol–water partition coefficient (Wildman–Crippen LogP) is 8.79. The van der Waals surface area contributed by atoms with Gasteiger partial charge in [-0.15, -0.1) is 36.4 Å². The van der Waals surface area contributed by atoms with Crippen LogP contribution in [0.4, 0.5) is 0 Å². The average molecular weight is 806 g/mol. The molecule has 44 heavy (non-hydrogen) atoms. The average Bonchev–Trinajstić information content (AvgIpc) is 3.83. The minimum atomic E-state index is 0. The van der Waals surface area contributed by atoms with E-state index in [1.165, 1.54) is 32.6 Å². The number of thiophene rings is 2. The molecule has 0 aliphatic carbocycles. The Balaban J connectivity index is 0.00000312. The van der Waals surface area contributed by atoms with Crippen molar-refractivity contribution >= 4 is 54.6 Å². The molecule has 4 aromatic heterocycles. The number of aryl methyl sites for hydroxylation is 2. The van der Waals surface area contributed by atoms with Gasteiger partial charge >= 0.3 is 21.1 Å². The zero-order valence-corrected chi connectivity index (χ0v) is 28.2. The zero-order valence-electron chi connectivity index (χ0n) is 23.5. The molecule has 0 amide bonds. The van der Waals surface area contributed by atoms with Gasteiger partial charge < -0.3 is 0 Å². The summed E-state index contributed by atoms with van der Waals surface area (Å²) >= 11 is 4.92. The van der Waals surface area contributed by atoms with Crippen LogP contribution in [0.3, 0.4) is 0 Å². The molecule has 10 heteroatoms. The second-order valence-corrected chi connectivity index (χ2v) is 13.1. The molecule has 6 nitrogen and oxygen atoms in total. The van der Waals surface area contributed by atoms with E-state index >= 15 is 0 Å². The van der Waals surface area contributed by atoms with Gasteiger partial charge in [-0.2, -0.15) is 22.7 Å². The van der Waals surface area contributed by atoms with Gasteiger partial charge in [0.1, 0.15) is 0 Å². The third kappa shape index (κ3) is 5.24.